The minimum Gasteiger partial charge on any atom is -0.494 e. The number of rotatable bonds is 10. The van der Waals surface area contributed by atoms with E-state index in [0.717, 1.165) is 30.0 Å². The number of halogens is 1. The smallest absolute Gasteiger partial charge is 0.270 e. The maximum atomic E-state index is 13.1. The topological polar surface area (TPSA) is 50.8 Å². The fourth-order valence-electron chi connectivity index (χ4n) is 4.04. The van der Waals surface area contributed by atoms with Gasteiger partial charge in [-0.15, -0.1) is 0 Å². The normalized spacial score (nSPS) is 17.5. The molecule has 1 aliphatic heterocycles. The second kappa shape index (κ2) is 10.7. The lowest BCUT2D eigenvalue weighted by atomic mass is 9.95. The molecule has 0 saturated carbocycles. The fourth-order valence-corrected chi connectivity index (χ4v) is 4.16. The van der Waals surface area contributed by atoms with Crippen LogP contribution in [-0.2, 0) is 11.2 Å². The first-order chi connectivity index (χ1) is 16.1. The van der Waals surface area contributed by atoms with Crippen LogP contribution in [0, 0.1) is 6.92 Å². The van der Waals surface area contributed by atoms with E-state index in [-0.39, 0.29) is 11.9 Å². The van der Waals surface area contributed by atoms with Crippen molar-refractivity contribution in [3.63, 3.8) is 0 Å². The SMILES string of the molecule is CCOc1ccc(CCNC[C@@H]2[C@H](Oc3ccc(Cl)cc3)C(=O)N2c2ccccc2C)cc1. The maximum absolute atomic E-state index is 13.1. The van der Waals surface area contributed by atoms with Gasteiger partial charge in [-0.3, -0.25) is 4.79 Å². The molecule has 0 spiro atoms. The molecule has 0 unspecified atom stereocenters. The van der Waals surface area contributed by atoms with Crippen molar-refractivity contribution in [2.24, 2.45) is 0 Å². The molecular weight excluding hydrogens is 436 g/mol. The Balaban J connectivity index is 1.40. The van der Waals surface area contributed by atoms with Gasteiger partial charge in [0, 0.05) is 17.3 Å². The molecule has 1 amide bonds. The van der Waals surface area contributed by atoms with Gasteiger partial charge in [0.15, 0.2) is 6.10 Å². The molecule has 1 heterocycles. The Morgan fingerprint density at radius 3 is 2.36 bits per heavy atom. The quantitative estimate of drug-likeness (QED) is 0.337. The van der Waals surface area contributed by atoms with Crippen LogP contribution < -0.4 is 19.7 Å². The lowest BCUT2D eigenvalue weighted by Gasteiger charge is -2.47. The molecule has 4 rings (SSSR count). The summed E-state index contributed by atoms with van der Waals surface area (Å²) in [6, 6.07) is 23.1. The van der Waals surface area contributed by atoms with Crippen molar-refractivity contribution in [3.05, 3.63) is 88.9 Å². The van der Waals surface area contributed by atoms with Gasteiger partial charge in [0.25, 0.3) is 5.91 Å². The molecule has 1 fully saturated rings. The second-order valence-electron chi connectivity index (χ2n) is 8.09. The molecule has 1 aliphatic rings. The third-order valence-electron chi connectivity index (χ3n) is 5.79. The largest absolute Gasteiger partial charge is 0.494 e. The summed E-state index contributed by atoms with van der Waals surface area (Å²) in [6.07, 6.45) is 0.351. The van der Waals surface area contributed by atoms with E-state index in [4.69, 9.17) is 21.1 Å². The van der Waals surface area contributed by atoms with Crippen LogP contribution in [0.4, 0.5) is 5.69 Å². The Morgan fingerprint density at radius 2 is 1.67 bits per heavy atom. The molecule has 0 aliphatic carbocycles. The van der Waals surface area contributed by atoms with Gasteiger partial charge in [-0.25, -0.2) is 0 Å². The van der Waals surface area contributed by atoms with Gasteiger partial charge in [0.2, 0.25) is 0 Å². The highest BCUT2D eigenvalue weighted by molar-refractivity contribution is 6.30. The van der Waals surface area contributed by atoms with Crippen molar-refractivity contribution in [2.75, 3.05) is 24.6 Å². The van der Waals surface area contributed by atoms with E-state index in [1.807, 2.05) is 55.1 Å². The Bertz CT molecular complexity index is 1070. The Labute approximate surface area is 200 Å². The Morgan fingerprint density at radius 1 is 0.970 bits per heavy atom. The highest BCUT2D eigenvalue weighted by Crippen LogP contribution is 2.33. The minimum atomic E-state index is -0.538. The Hall–Kier alpha value is -3.02. The highest BCUT2D eigenvalue weighted by Gasteiger charge is 2.50. The van der Waals surface area contributed by atoms with Crippen molar-refractivity contribution < 1.29 is 14.3 Å². The summed E-state index contributed by atoms with van der Waals surface area (Å²) in [5, 5.41) is 4.15. The molecule has 0 radical (unpaired) electrons. The first kappa shape index (κ1) is 23.1. The van der Waals surface area contributed by atoms with Crippen LogP contribution >= 0.6 is 11.6 Å². The summed E-state index contributed by atoms with van der Waals surface area (Å²) in [5.74, 6) is 1.50. The van der Waals surface area contributed by atoms with E-state index in [1.165, 1.54) is 5.56 Å². The van der Waals surface area contributed by atoms with Crippen molar-refractivity contribution in [3.8, 4) is 11.5 Å². The molecule has 6 heteroatoms. The minimum absolute atomic E-state index is 0.0300. The van der Waals surface area contributed by atoms with Crippen LogP contribution in [0.2, 0.25) is 5.02 Å². The third kappa shape index (κ3) is 5.49. The number of hydrogen-bond acceptors (Lipinski definition) is 4. The molecular formula is C27H29ClN2O3. The predicted molar refractivity (Wildman–Crippen MR) is 133 cm³/mol. The van der Waals surface area contributed by atoms with Gasteiger partial charge in [-0.05, 0) is 80.4 Å². The third-order valence-corrected chi connectivity index (χ3v) is 6.04. The summed E-state index contributed by atoms with van der Waals surface area (Å²) in [4.78, 5) is 14.9. The molecule has 2 atom stereocenters. The van der Waals surface area contributed by atoms with Crippen molar-refractivity contribution >= 4 is 23.2 Å². The van der Waals surface area contributed by atoms with Gasteiger partial charge < -0.3 is 19.7 Å². The number of carbonyl (C=O) groups is 1. The number of nitrogens with zero attached hydrogens (tertiary/aromatic N) is 1. The van der Waals surface area contributed by atoms with E-state index < -0.39 is 6.10 Å². The number of carbonyl (C=O) groups excluding carboxylic acids is 1. The molecule has 5 nitrogen and oxygen atoms in total. The average molecular weight is 465 g/mol. The lowest BCUT2D eigenvalue weighted by Crippen LogP contribution is -2.70. The zero-order chi connectivity index (χ0) is 23.2. The zero-order valence-electron chi connectivity index (χ0n) is 19.0. The molecule has 1 saturated heterocycles. The Kier molecular flexibility index (Phi) is 7.53. The standard InChI is InChI=1S/C27H29ClN2O3/c1-3-32-22-12-8-20(9-13-22)16-17-29-18-25-26(33-23-14-10-21(28)11-15-23)27(31)30(25)24-7-5-4-6-19(24)2/h4-15,25-26,29H,3,16-18H2,1-2H3/t25-,26+/m1/s1. The van der Waals surface area contributed by atoms with Crippen LogP contribution in [0.25, 0.3) is 0 Å². The average Bonchev–Trinajstić information content (AvgIpc) is 2.83. The summed E-state index contributed by atoms with van der Waals surface area (Å²) < 4.78 is 11.6. The second-order valence-corrected chi connectivity index (χ2v) is 8.52. The van der Waals surface area contributed by atoms with Crippen LogP contribution in [0.1, 0.15) is 18.1 Å². The monoisotopic (exact) mass is 464 g/mol. The number of hydrogen-bond donors (Lipinski definition) is 1. The van der Waals surface area contributed by atoms with Crippen molar-refractivity contribution in [1.82, 2.24) is 5.32 Å². The molecule has 1 N–H and O–H groups in total. The van der Waals surface area contributed by atoms with Crippen LogP contribution in [0.15, 0.2) is 72.8 Å². The molecule has 3 aromatic carbocycles. The van der Waals surface area contributed by atoms with Crippen molar-refractivity contribution in [2.45, 2.75) is 32.4 Å². The predicted octanol–water partition coefficient (Wildman–Crippen LogP) is 5.04. The van der Waals surface area contributed by atoms with E-state index in [2.05, 4.69) is 17.4 Å². The molecule has 33 heavy (non-hydrogen) atoms. The van der Waals surface area contributed by atoms with E-state index in [9.17, 15) is 4.79 Å². The summed E-state index contributed by atoms with van der Waals surface area (Å²) in [5.41, 5.74) is 3.23. The van der Waals surface area contributed by atoms with Crippen molar-refractivity contribution in [1.29, 1.82) is 0 Å². The number of aryl methyl sites for hydroxylation is 1. The summed E-state index contributed by atoms with van der Waals surface area (Å²) in [6.45, 7) is 6.10. The molecule has 3 aromatic rings. The molecule has 0 bridgehead atoms. The van der Waals surface area contributed by atoms with Gasteiger partial charge in [0.05, 0.1) is 12.6 Å². The number of benzene rings is 3. The van der Waals surface area contributed by atoms with Gasteiger partial charge >= 0.3 is 0 Å². The number of ether oxygens (including phenoxy) is 2. The van der Waals surface area contributed by atoms with Gasteiger partial charge in [-0.1, -0.05) is 41.9 Å². The van der Waals surface area contributed by atoms with Crippen LogP contribution in [0.3, 0.4) is 0 Å². The molecule has 172 valence electrons. The zero-order valence-corrected chi connectivity index (χ0v) is 19.7. The first-order valence-corrected chi connectivity index (χ1v) is 11.7. The number of nitrogens with one attached hydrogen (secondary N) is 1. The van der Waals surface area contributed by atoms with E-state index in [0.29, 0.717) is 23.9 Å². The highest BCUT2D eigenvalue weighted by atomic mass is 35.5. The molecule has 0 aromatic heterocycles. The van der Waals surface area contributed by atoms with E-state index in [1.54, 1.807) is 24.3 Å². The maximum Gasteiger partial charge on any atom is 0.270 e. The number of amides is 1. The number of anilines is 1. The number of β-lactam (4-membered cyclic amide) rings is 1. The number of para-hydroxylation sites is 1. The van der Waals surface area contributed by atoms with Crippen LogP contribution in [0.5, 0.6) is 11.5 Å². The fraction of sp³-hybridized carbons (Fsp3) is 0.296. The summed E-state index contributed by atoms with van der Waals surface area (Å²) >= 11 is 5.99. The van der Waals surface area contributed by atoms with E-state index >= 15 is 0 Å². The van der Waals surface area contributed by atoms with Crippen LogP contribution in [-0.4, -0.2) is 37.7 Å². The summed E-state index contributed by atoms with van der Waals surface area (Å²) in [7, 11) is 0. The first-order valence-electron chi connectivity index (χ1n) is 11.3. The van der Waals surface area contributed by atoms with Gasteiger partial charge in [0.1, 0.15) is 11.5 Å². The lowest BCUT2D eigenvalue weighted by molar-refractivity contribution is -0.134. The van der Waals surface area contributed by atoms with Gasteiger partial charge in [-0.2, -0.15) is 0 Å².